The van der Waals surface area contributed by atoms with Gasteiger partial charge >= 0.3 is 17.9 Å². The van der Waals surface area contributed by atoms with Gasteiger partial charge in [0.1, 0.15) is 33.5 Å². The maximum absolute atomic E-state index is 11.9. The summed E-state index contributed by atoms with van der Waals surface area (Å²) in [6, 6.07) is 32.6. The van der Waals surface area contributed by atoms with Crippen molar-refractivity contribution in [3.05, 3.63) is 126 Å². The van der Waals surface area contributed by atoms with Crippen LogP contribution in [0.25, 0.3) is 65.8 Å². The van der Waals surface area contributed by atoms with Crippen molar-refractivity contribution in [2.45, 2.75) is 85.5 Å². The van der Waals surface area contributed by atoms with E-state index in [0.717, 1.165) is 49.9 Å². The quantitative estimate of drug-likeness (QED) is 0.0633. The lowest BCUT2D eigenvalue weighted by Gasteiger charge is -2.07. The lowest BCUT2D eigenvalue weighted by atomic mass is 9.99. The van der Waals surface area contributed by atoms with Crippen LogP contribution in [-0.4, -0.2) is 50.9 Å². The smallest absolute Gasteiger partial charge is 0.310 e. The van der Waals surface area contributed by atoms with Crippen LogP contribution in [0.2, 0.25) is 0 Å². The van der Waals surface area contributed by atoms with Crippen LogP contribution in [0.5, 0.6) is 0 Å². The van der Waals surface area contributed by atoms with E-state index in [9.17, 15) is 44.1 Å². The first-order chi connectivity index (χ1) is 33.8. The average Bonchev–Trinajstić information content (AvgIpc) is 4.03. The molecular weight excluding hydrogens is 907 g/mol. The number of benzene rings is 6. The van der Waals surface area contributed by atoms with E-state index in [1.807, 2.05) is 69.3 Å². The SMILES string of the molecule is CC(C)C(=O)Nc1ccc2oc3ccc(C(C)C(=O)O)cc3c2c1.CCC(=O)Nc1ccc2oc3ccc(C(C)C(=O)O)cc3c2c1.CCCC(=O)Nc1ccc2oc3ccc(C(C)C(=O)O)cc3c2c1. The third-order valence-corrected chi connectivity index (χ3v) is 12.2. The fourth-order valence-corrected chi connectivity index (χ4v) is 7.84. The molecule has 0 saturated heterocycles. The van der Waals surface area contributed by atoms with Crippen LogP contribution in [0.3, 0.4) is 0 Å². The number of amides is 3. The molecule has 3 aromatic heterocycles. The van der Waals surface area contributed by atoms with E-state index >= 15 is 0 Å². The molecule has 71 heavy (non-hydrogen) atoms. The molecule has 3 amide bonds. The highest BCUT2D eigenvalue weighted by molar-refractivity contribution is 6.10. The lowest BCUT2D eigenvalue weighted by Crippen LogP contribution is -2.17. The van der Waals surface area contributed by atoms with Crippen molar-refractivity contribution in [2.75, 3.05) is 16.0 Å². The topological polar surface area (TPSA) is 239 Å². The molecule has 0 radical (unpaired) electrons. The zero-order valence-electron chi connectivity index (χ0n) is 40.3. The van der Waals surface area contributed by atoms with E-state index < -0.39 is 35.7 Å². The molecule has 15 nitrogen and oxygen atoms in total. The molecule has 0 aliphatic heterocycles. The third kappa shape index (κ3) is 11.4. The molecule has 0 bridgehead atoms. The van der Waals surface area contributed by atoms with Crippen LogP contribution >= 0.6 is 0 Å². The minimum absolute atomic E-state index is 0.0233. The summed E-state index contributed by atoms with van der Waals surface area (Å²) in [6.07, 6.45) is 1.67. The molecule has 6 aromatic carbocycles. The molecule has 15 heteroatoms. The molecule has 9 rings (SSSR count). The largest absolute Gasteiger partial charge is 0.481 e. The fourth-order valence-electron chi connectivity index (χ4n) is 7.84. The molecule has 0 fully saturated rings. The second kappa shape index (κ2) is 21.5. The van der Waals surface area contributed by atoms with Gasteiger partial charge in [-0.1, -0.05) is 45.9 Å². The summed E-state index contributed by atoms with van der Waals surface area (Å²) in [5, 5.41) is 41.2. The number of rotatable bonds is 13. The predicted octanol–water partition coefficient (Wildman–Crippen LogP) is 13.0. The van der Waals surface area contributed by atoms with Gasteiger partial charge in [-0.15, -0.1) is 0 Å². The molecule has 366 valence electrons. The molecule has 3 atom stereocenters. The standard InChI is InChI=1S/2C19H19NO4.C18H17NO4/c1-10(2)18(21)20-13-5-7-17-15(9-13)14-8-12(11(3)19(22)23)4-6-16(14)24-17;1-3-4-18(21)20-13-6-8-17-15(10-13)14-9-12(11(2)19(22)23)5-7-16(14)24-17;1-3-17(20)19-12-5-7-16-14(9-12)13-8-11(10(2)18(21)22)4-6-15(13)23-16/h4-11H,1-3H3,(H,20,21)(H,22,23);5-11H,3-4H2,1-2H3,(H,20,21)(H,22,23);4-10H,3H2,1-2H3,(H,19,20)(H,21,22). The summed E-state index contributed by atoms with van der Waals surface area (Å²) in [6.45, 7) is 12.4. The fraction of sp³-hybridized carbons (Fsp3) is 0.250. The van der Waals surface area contributed by atoms with Gasteiger partial charge < -0.3 is 44.5 Å². The lowest BCUT2D eigenvalue weighted by molar-refractivity contribution is -0.139. The Bertz CT molecular complexity index is 3510. The molecule has 9 aromatic rings. The van der Waals surface area contributed by atoms with Crippen LogP contribution in [0.4, 0.5) is 17.1 Å². The number of aliphatic carboxylic acids is 3. The number of nitrogens with one attached hydrogen (secondary N) is 3. The molecule has 0 aliphatic carbocycles. The minimum atomic E-state index is -0.868. The number of hydrogen-bond donors (Lipinski definition) is 6. The van der Waals surface area contributed by atoms with E-state index in [-0.39, 0.29) is 23.6 Å². The number of fused-ring (bicyclic) bond motifs is 9. The number of hydrogen-bond acceptors (Lipinski definition) is 9. The predicted molar refractivity (Wildman–Crippen MR) is 275 cm³/mol. The highest BCUT2D eigenvalue weighted by atomic mass is 16.4. The van der Waals surface area contributed by atoms with E-state index in [0.29, 0.717) is 69.0 Å². The molecule has 0 spiro atoms. The zero-order chi connectivity index (χ0) is 51.3. The van der Waals surface area contributed by atoms with Gasteiger partial charge in [0.15, 0.2) is 0 Å². The van der Waals surface area contributed by atoms with Gasteiger partial charge in [0.25, 0.3) is 0 Å². The molecule has 0 aliphatic rings. The van der Waals surface area contributed by atoms with E-state index in [4.69, 9.17) is 13.3 Å². The van der Waals surface area contributed by atoms with Gasteiger partial charge in [-0.25, -0.2) is 0 Å². The van der Waals surface area contributed by atoms with Crippen LogP contribution in [0.1, 0.15) is 102 Å². The summed E-state index contributed by atoms with van der Waals surface area (Å²) < 4.78 is 17.4. The van der Waals surface area contributed by atoms with Crippen molar-refractivity contribution >= 4 is 119 Å². The molecule has 0 saturated carbocycles. The number of carboxylic acids is 3. The summed E-state index contributed by atoms with van der Waals surface area (Å²) in [7, 11) is 0. The Kier molecular flexibility index (Phi) is 15.2. The maximum atomic E-state index is 11.9. The monoisotopic (exact) mass is 961 g/mol. The summed E-state index contributed by atoms with van der Waals surface area (Å²) in [5.41, 5.74) is 8.45. The van der Waals surface area contributed by atoms with Crippen molar-refractivity contribution in [2.24, 2.45) is 5.92 Å². The third-order valence-electron chi connectivity index (χ3n) is 12.2. The first-order valence-electron chi connectivity index (χ1n) is 23.3. The molecule has 3 unspecified atom stereocenters. The van der Waals surface area contributed by atoms with Gasteiger partial charge in [0.2, 0.25) is 17.7 Å². The molecule has 3 heterocycles. The van der Waals surface area contributed by atoms with Crippen molar-refractivity contribution in [3.63, 3.8) is 0 Å². The van der Waals surface area contributed by atoms with E-state index in [1.54, 1.807) is 88.4 Å². The highest BCUT2D eigenvalue weighted by Gasteiger charge is 2.20. The van der Waals surface area contributed by atoms with Crippen molar-refractivity contribution < 1.29 is 57.3 Å². The van der Waals surface area contributed by atoms with Gasteiger partial charge in [-0.05, 0) is 135 Å². The second-order valence-corrected chi connectivity index (χ2v) is 17.7. The van der Waals surface area contributed by atoms with Gasteiger partial charge in [-0.2, -0.15) is 0 Å². The van der Waals surface area contributed by atoms with Crippen molar-refractivity contribution in [3.8, 4) is 0 Å². The first-order valence-corrected chi connectivity index (χ1v) is 23.3. The Morgan fingerprint density at radius 2 is 0.718 bits per heavy atom. The first kappa shape index (κ1) is 50.4. The Balaban J connectivity index is 0.000000157. The van der Waals surface area contributed by atoms with Crippen LogP contribution in [-0.2, 0) is 28.8 Å². The number of furan rings is 3. The number of carboxylic acid groups (broad SMARTS) is 3. The summed E-state index contributed by atoms with van der Waals surface area (Å²) in [5.74, 6) is -4.62. The minimum Gasteiger partial charge on any atom is -0.481 e. The Hall–Kier alpha value is -8.46. The van der Waals surface area contributed by atoms with Crippen molar-refractivity contribution in [1.82, 2.24) is 0 Å². The number of carbonyl (C=O) groups is 6. The highest BCUT2D eigenvalue weighted by Crippen LogP contribution is 2.36. The van der Waals surface area contributed by atoms with Crippen LogP contribution in [0, 0.1) is 5.92 Å². The van der Waals surface area contributed by atoms with Crippen molar-refractivity contribution in [1.29, 1.82) is 0 Å². The molecular formula is C56H55N3O12. The Morgan fingerprint density at radius 3 is 1.01 bits per heavy atom. The maximum Gasteiger partial charge on any atom is 0.310 e. The number of anilines is 3. The zero-order valence-corrected chi connectivity index (χ0v) is 40.3. The van der Waals surface area contributed by atoms with Gasteiger partial charge in [0, 0.05) is 68.1 Å². The van der Waals surface area contributed by atoms with Crippen LogP contribution in [0.15, 0.2) is 122 Å². The summed E-state index contributed by atoms with van der Waals surface area (Å²) >= 11 is 0. The van der Waals surface area contributed by atoms with Gasteiger partial charge in [-0.3, -0.25) is 28.8 Å². The van der Waals surface area contributed by atoms with Crippen LogP contribution < -0.4 is 16.0 Å². The van der Waals surface area contributed by atoms with Gasteiger partial charge in [0.05, 0.1) is 17.8 Å². The molecule has 6 N–H and O–H groups in total. The van der Waals surface area contributed by atoms with E-state index in [1.165, 1.54) is 0 Å². The Labute approximate surface area is 407 Å². The number of carbonyl (C=O) groups excluding carboxylic acids is 3. The average molecular weight is 962 g/mol. The summed E-state index contributed by atoms with van der Waals surface area (Å²) in [4.78, 5) is 68.8. The second-order valence-electron chi connectivity index (χ2n) is 17.7. The van der Waals surface area contributed by atoms with E-state index in [2.05, 4.69) is 16.0 Å². The Morgan fingerprint density at radius 1 is 0.423 bits per heavy atom. The normalized spacial score (nSPS) is 12.5.